The lowest BCUT2D eigenvalue weighted by Crippen LogP contribution is -2.48. The molecule has 3 aliphatic rings. The van der Waals surface area contributed by atoms with Crippen LogP contribution in [-0.2, 0) is 21.2 Å². The summed E-state index contributed by atoms with van der Waals surface area (Å²) in [6.07, 6.45) is 2.70. The van der Waals surface area contributed by atoms with Crippen LogP contribution in [0.3, 0.4) is 0 Å². The number of anilines is 1. The lowest BCUT2D eigenvalue weighted by atomic mass is 9.88. The van der Waals surface area contributed by atoms with Gasteiger partial charge in [0.1, 0.15) is 5.78 Å². The largest absolute Gasteiger partial charge is 0.369 e. The summed E-state index contributed by atoms with van der Waals surface area (Å²) in [4.78, 5) is 25.5. The van der Waals surface area contributed by atoms with E-state index in [0.29, 0.717) is 32.0 Å². The Hall–Kier alpha value is -2.78. The summed E-state index contributed by atoms with van der Waals surface area (Å²) in [7, 11) is -3.63. The summed E-state index contributed by atoms with van der Waals surface area (Å²) >= 11 is 0. The highest BCUT2D eigenvalue weighted by Crippen LogP contribution is 2.45. The average molecular weight is 470 g/mol. The van der Waals surface area contributed by atoms with Gasteiger partial charge in [-0.25, -0.2) is 8.42 Å². The second kappa shape index (κ2) is 8.22. The number of non-ortho nitro benzene ring substituents is 1. The molecule has 0 amide bonds. The Balaban J connectivity index is 1.29. The maximum Gasteiger partial charge on any atom is 0.269 e. The highest BCUT2D eigenvalue weighted by Gasteiger charge is 2.42. The van der Waals surface area contributed by atoms with Crippen molar-refractivity contribution in [3.8, 4) is 0 Å². The van der Waals surface area contributed by atoms with E-state index in [2.05, 4.69) is 6.92 Å². The van der Waals surface area contributed by atoms with E-state index in [1.54, 1.807) is 24.3 Å². The quantitative estimate of drug-likeness (QED) is 0.475. The second-order valence-corrected chi connectivity index (χ2v) is 11.3. The molecule has 2 unspecified atom stereocenters. The number of sulfonamides is 1. The van der Waals surface area contributed by atoms with Crippen LogP contribution in [0.5, 0.6) is 0 Å². The highest BCUT2D eigenvalue weighted by atomic mass is 32.2. The number of benzene rings is 2. The van der Waals surface area contributed by atoms with Crippen molar-refractivity contribution in [3.05, 3.63) is 63.7 Å². The number of carbonyl (C=O) groups is 1. The number of rotatable bonds is 6. The zero-order valence-corrected chi connectivity index (χ0v) is 19.3. The van der Waals surface area contributed by atoms with Gasteiger partial charge in [0, 0.05) is 55.8 Å². The van der Waals surface area contributed by atoms with E-state index < -0.39 is 14.9 Å². The fourth-order valence-electron chi connectivity index (χ4n) is 5.17. The molecule has 0 radical (unpaired) electrons. The zero-order chi connectivity index (χ0) is 23.3. The van der Waals surface area contributed by atoms with Crippen LogP contribution in [0.25, 0.3) is 0 Å². The van der Waals surface area contributed by atoms with Crippen molar-refractivity contribution in [1.29, 1.82) is 0 Å². The van der Waals surface area contributed by atoms with E-state index in [4.69, 9.17) is 0 Å². The summed E-state index contributed by atoms with van der Waals surface area (Å²) < 4.78 is 28.2. The maximum atomic E-state index is 13.3. The van der Waals surface area contributed by atoms with E-state index in [1.807, 2.05) is 11.0 Å². The number of carbonyl (C=O) groups excluding carboxylic acids is 1. The van der Waals surface area contributed by atoms with Gasteiger partial charge in [0.2, 0.25) is 10.0 Å². The molecule has 1 saturated carbocycles. The van der Waals surface area contributed by atoms with E-state index in [1.165, 1.54) is 16.4 Å². The SMILES string of the molecule is CC1Cc2cc(S(=O)(=O)N3CCN(c4ccc([N+](=O)[O-])cc4)CC3)ccc2C1C(=O)C1CC1. The number of nitro groups is 1. The fraction of sp³-hybridized carbons (Fsp3) is 0.458. The van der Waals surface area contributed by atoms with Gasteiger partial charge in [-0.1, -0.05) is 13.0 Å². The van der Waals surface area contributed by atoms with Gasteiger partial charge in [-0.3, -0.25) is 14.9 Å². The number of nitrogens with zero attached hydrogens (tertiary/aromatic N) is 3. The van der Waals surface area contributed by atoms with Gasteiger partial charge in [0.25, 0.3) is 5.69 Å². The van der Waals surface area contributed by atoms with Gasteiger partial charge in [-0.15, -0.1) is 0 Å². The van der Waals surface area contributed by atoms with Crippen LogP contribution in [0, 0.1) is 22.0 Å². The molecule has 1 saturated heterocycles. The third-order valence-corrected chi connectivity index (χ3v) is 9.04. The van der Waals surface area contributed by atoms with Gasteiger partial charge in [-0.2, -0.15) is 4.31 Å². The average Bonchev–Trinajstić information content (AvgIpc) is 3.60. The zero-order valence-electron chi connectivity index (χ0n) is 18.5. The van der Waals surface area contributed by atoms with Gasteiger partial charge in [0.05, 0.1) is 9.82 Å². The van der Waals surface area contributed by atoms with Crippen LogP contribution in [0.15, 0.2) is 47.4 Å². The number of piperazine rings is 1. The first-order valence-corrected chi connectivity index (χ1v) is 12.9. The van der Waals surface area contributed by atoms with Gasteiger partial charge >= 0.3 is 0 Å². The van der Waals surface area contributed by atoms with Crippen LogP contribution in [0.2, 0.25) is 0 Å². The Morgan fingerprint density at radius 1 is 1.03 bits per heavy atom. The number of hydrogen-bond acceptors (Lipinski definition) is 6. The minimum Gasteiger partial charge on any atom is -0.369 e. The van der Waals surface area contributed by atoms with Crippen molar-refractivity contribution < 1.29 is 18.1 Å². The van der Waals surface area contributed by atoms with Gasteiger partial charge in [-0.05, 0) is 60.6 Å². The molecule has 9 heteroatoms. The molecule has 174 valence electrons. The summed E-state index contributed by atoms with van der Waals surface area (Å²) in [6.45, 7) is 3.79. The predicted octanol–water partition coefficient (Wildman–Crippen LogP) is 3.36. The van der Waals surface area contributed by atoms with Crippen molar-refractivity contribution in [3.63, 3.8) is 0 Å². The topological polar surface area (TPSA) is 101 Å². The van der Waals surface area contributed by atoms with Crippen LogP contribution >= 0.6 is 0 Å². The molecule has 33 heavy (non-hydrogen) atoms. The highest BCUT2D eigenvalue weighted by molar-refractivity contribution is 7.89. The minimum absolute atomic E-state index is 0.0342. The Labute approximate surface area is 193 Å². The number of nitro benzene ring substituents is 1. The molecule has 0 spiro atoms. The molecule has 2 aromatic carbocycles. The minimum atomic E-state index is -3.63. The normalized spacial score (nSPS) is 23.4. The lowest BCUT2D eigenvalue weighted by Gasteiger charge is -2.35. The van der Waals surface area contributed by atoms with Crippen molar-refractivity contribution in [1.82, 2.24) is 4.31 Å². The molecule has 0 N–H and O–H groups in total. The van der Waals surface area contributed by atoms with Gasteiger partial charge < -0.3 is 4.90 Å². The summed E-state index contributed by atoms with van der Waals surface area (Å²) in [6, 6.07) is 11.6. The fourth-order valence-corrected chi connectivity index (χ4v) is 6.64. The molecule has 2 aliphatic carbocycles. The van der Waals surface area contributed by atoms with E-state index in [-0.39, 0.29) is 28.3 Å². The van der Waals surface area contributed by atoms with Crippen LogP contribution < -0.4 is 4.90 Å². The van der Waals surface area contributed by atoms with Crippen LogP contribution in [-0.4, -0.2) is 49.6 Å². The summed E-state index contributed by atoms with van der Waals surface area (Å²) in [5.74, 6) is 0.615. The third kappa shape index (κ3) is 4.04. The number of Topliss-reactive ketones (excluding diaryl/α,β-unsaturated/α-hetero) is 1. The number of ketones is 1. The molecular weight excluding hydrogens is 442 g/mol. The van der Waals surface area contributed by atoms with E-state index >= 15 is 0 Å². The predicted molar refractivity (Wildman–Crippen MR) is 124 cm³/mol. The molecule has 1 aliphatic heterocycles. The maximum absolute atomic E-state index is 13.3. The van der Waals surface area contributed by atoms with Crippen molar-refractivity contribution in [2.75, 3.05) is 31.1 Å². The first-order chi connectivity index (χ1) is 15.8. The van der Waals surface area contributed by atoms with Crippen LogP contribution in [0.1, 0.15) is 36.8 Å². The number of fused-ring (bicyclic) bond motifs is 1. The molecule has 2 aromatic rings. The third-order valence-electron chi connectivity index (χ3n) is 7.15. The van der Waals surface area contributed by atoms with Crippen molar-refractivity contribution >= 4 is 27.2 Å². The molecule has 2 atom stereocenters. The van der Waals surface area contributed by atoms with Crippen LogP contribution in [0.4, 0.5) is 11.4 Å². The Kier molecular flexibility index (Phi) is 5.49. The van der Waals surface area contributed by atoms with E-state index in [9.17, 15) is 23.3 Å². The Bertz CT molecular complexity index is 1200. The molecule has 0 aromatic heterocycles. The standard InChI is InChI=1S/C24H27N3O5S/c1-16-14-18-15-21(8-9-22(18)23(16)24(28)17-2-3-17)33(31,32)26-12-10-25(11-13-26)19-4-6-20(7-5-19)27(29)30/h4-9,15-17,23H,2-3,10-14H2,1H3. The molecular formula is C24H27N3O5S. The monoisotopic (exact) mass is 469 g/mol. The lowest BCUT2D eigenvalue weighted by molar-refractivity contribution is -0.384. The first kappa shape index (κ1) is 22.0. The van der Waals surface area contributed by atoms with Crippen molar-refractivity contribution in [2.24, 2.45) is 11.8 Å². The van der Waals surface area contributed by atoms with Gasteiger partial charge in [0.15, 0.2) is 0 Å². The number of hydrogen-bond donors (Lipinski definition) is 0. The second-order valence-electron chi connectivity index (χ2n) is 9.36. The summed E-state index contributed by atoms with van der Waals surface area (Å²) in [5, 5.41) is 10.9. The van der Waals surface area contributed by atoms with E-state index in [0.717, 1.165) is 36.1 Å². The molecule has 8 nitrogen and oxygen atoms in total. The Morgan fingerprint density at radius 2 is 1.70 bits per heavy atom. The molecule has 0 bridgehead atoms. The molecule has 2 fully saturated rings. The summed E-state index contributed by atoms with van der Waals surface area (Å²) in [5.41, 5.74) is 2.86. The smallest absolute Gasteiger partial charge is 0.269 e. The molecule has 5 rings (SSSR count). The first-order valence-electron chi connectivity index (χ1n) is 11.4. The Morgan fingerprint density at radius 3 is 2.30 bits per heavy atom. The molecule has 1 heterocycles. The van der Waals surface area contributed by atoms with Crippen molar-refractivity contribution in [2.45, 2.75) is 37.0 Å².